The number of aryl methyl sites for hydroxylation is 1. The smallest absolute Gasteiger partial charge is 0.0369 e. The maximum Gasteiger partial charge on any atom is 0.0369 e. The molecule has 0 aliphatic carbocycles. The molecule has 1 aliphatic rings. The average Bonchev–Trinajstić information content (AvgIpc) is 2.25. The summed E-state index contributed by atoms with van der Waals surface area (Å²) in [7, 11) is 0. The zero-order valence-electron chi connectivity index (χ0n) is 13.2. The van der Waals surface area contributed by atoms with Crippen LogP contribution in [0.3, 0.4) is 0 Å². The molecule has 0 aromatic heterocycles. The van der Waals surface area contributed by atoms with Crippen LogP contribution in [0.5, 0.6) is 0 Å². The second kappa shape index (κ2) is 5.98. The quantitative estimate of drug-likeness (QED) is 0.720. The first-order chi connectivity index (χ1) is 8.97. The SMILES string of the molecule is Cc1cc(N2CC(CCC(C)C)C2)ccc1C(C)C. The van der Waals surface area contributed by atoms with Crippen molar-refractivity contribution in [2.24, 2.45) is 11.8 Å². The Bertz CT molecular complexity index is 414. The van der Waals surface area contributed by atoms with Crippen molar-refractivity contribution in [2.45, 2.75) is 53.4 Å². The molecule has 0 saturated carbocycles. The van der Waals surface area contributed by atoms with Crippen molar-refractivity contribution >= 4 is 5.69 Å². The van der Waals surface area contributed by atoms with E-state index in [4.69, 9.17) is 0 Å². The van der Waals surface area contributed by atoms with E-state index >= 15 is 0 Å². The molecule has 1 fully saturated rings. The molecule has 0 bridgehead atoms. The molecule has 0 spiro atoms. The van der Waals surface area contributed by atoms with E-state index in [9.17, 15) is 0 Å². The fraction of sp³-hybridized carbons (Fsp3) is 0.667. The van der Waals surface area contributed by atoms with Crippen LogP contribution in [0.4, 0.5) is 5.69 Å². The molecule has 1 nitrogen and oxygen atoms in total. The number of rotatable bonds is 5. The Labute approximate surface area is 119 Å². The summed E-state index contributed by atoms with van der Waals surface area (Å²) in [6.45, 7) is 13.9. The van der Waals surface area contributed by atoms with Crippen molar-refractivity contribution in [3.05, 3.63) is 29.3 Å². The lowest BCUT2D eigenvalue weighted by Crippen LogP contribution is -2.46. The van der Waals surface area contributed by atoms with Gasteiger partial charge in [-0.25, -0.2) is 0 Å². The third kappa shape index (κ3) is 3.52. The van der Waals surface area contributed by atoms with Crippen LogP contribution in [0.25, 0.3) is 0 Å². The van der Waals surface area contributed by atoms with E-state index < -0.39 is 0 Å². The summed E-state index contributed by atoms with van der Waals surface area (Å²) >= 11 is 0. The first-order valence-corrected chi connectivity index (χ1v) is 7.83. The lowest BCUT2D eigenvalue weighted by molar-refractivity contribution is 0.352. The Balaban J connectivity index is 1.90. The van der Waals surface area contributed by atoms with Crippen molar-refractivity contribution in [1.29, 1.82) is 0 Å². The first-order valence-electron chi connectivity index (χ1n) is 7.83. The maximum absolute atomic E-state index is 2.53. The molecule has 106 valence electrons. The Morgan fingerprint density at radius 3 is 2.37 bits per heavy atom. The topological polar surface area (TPSA) is 3.24 Å². The minimum absolute atomic E-state index is 0.629. The highest BCUT2D eigenvalue weighted by Crippen LogP contribution is 2.31. The van der Waals surface area contributed by atoms with Crippen LogP contribution >= 0.6 is 0 Å². The molecule has 0 amide bonds. The molecule has 1 heterocycles. The lowest BCUT2D eigenvalue weighted by Gasteiger charge is -2.42. The highest BCUT2D eigenvalue weighted by atomic mass is 15.2. The third-order valence-corrected chi connectivity index (χ3v) is 4.35. The Morgan fingerprint density at radius 2 is 1.84 bits per heavy atom. The molecule has 2 rings (SSSR count). The van der Waals surface area contributed by atoms with Gasteiger partial charge in [0.05, 0.1) is 0 Å². The van der Waals surface area contributed by atoms with Crippen LogP contribution in [0.2, 0.25) is 0 Å². The van der Waals surface area contributed by atoms with Gasteiger partial charge >= 0.3 is 0 Å². The van der Waals surface area contributed by atoms with Gasteiger partial charge in [-0.1, -0.05) is 40.2 Å². The second-order valence-electron chi connectivity index (χ2n) is 6.94. The van der Waals surface area contributed by atoms with Gasteiger partial charge in [-0.2, -0.15) is 0 Å². The van der Waals surface area contributed by atoms with E-state index in [1.807, 2.05) is 0 Å². The molecule has 0 unspecified atom stereocenters. The summed E-state index contributed by atoms with van der Waals surface area (Å²) in [5.41, 5.74) is 4.35. The first kappa shape index (κ1) is 14.4. The van der Waals surface area contributed by atoms with Crippen LogP contribution in [0.15, 0.2) is 18.2 Å². The minimum atomic E-state index is 0.629. The van der Waals surface area contributed by atoms with Gasteiger partial charge in [-0.15, -0.1) is 0 Å². The molecule has 0 atom stereocenters. The lowest BCUT2D eigenvalue weighted by atomic mass is 9.90. The van der Waals surface area contributed by atoms with Gasteiger partial charge in [0.25, 0.3) is 0 Å². The summed E-state index contributed by atoms with van der Waals surface area (Å²) in [4.78, 5) is 2.53. The third-order valence-electron chi connectivity index (χ3n) is 4.35. The maximum atomic E-state index is 2.53. The normalized spacial score (nSPS) is 16.3. The highest BCUT2D eigenvalue weighted by molar-refractivity contribution is 5.53. The standard InChI is InChI=1S/C18H29N/c1-13(2)6-7-16-11-19(12-16)17-8-9-18(14(3)4)15(5)10-17/h8-10,13-14,16H,6-7,11-12H2,1-5H3. The highest BCUT2D eigenvalue weighted by Gasteiger charge is 2.26. The summed E-state index contributed by atoms with van der Waals surface area (Å²) in [5, 5.41) is 0. The van der Waals surface area contributed by atoms with Gasteiger partial charge in [-0.05, 0) is 54.4 Å². The van der Waals surface area contributed by atoms with Crippen molar-refractivity contribution in [3.63, 3.8) is 0 Å². The van der Waals surface area contributed by atoms with Gasteiger partial charge in [0.2, 0.25) is 0 Å². The average molecular weight is 259 g/mol. The van der Waals surface area contributed by atoms with Crippen molar-refractivity contribution < 1.29 is 0 Å². The molecule has 1 aliphatic heterocycles. The summed E-state index contributed by atoms with van der Waals surface area (Å²) in [6.07, 6.45) is 2.78. The number of benzene rings is 1. The zero-order chi connectivity index (χ0) is 14.0. The zero-order valence-corrected chi connectivity index (χ0v) is 13.2. The second-order valence-corrected chi connectivity index (χ2v) is 6.94. The summed E-state index contributed by atoms with van der Waals surface area (Å²) in [6, 6.07) is 6.99. The molecule has 0 N–H and O–H groups in total. The molecule has 1 aromatic carbocycles. The van der Waals surface area contributed by atoms with E-state index in [2.05, 4.69) is 57.7 Å². The van der Waals surface area contributed by atoms with Gasteiger partial charge in [0, 0.05) is 18.8 Å². The monoisotopic (exact) mass is 259 g/mol. The van der Waals surface area contributed by atoms with Crippen LogP contribution in [-0.2, 0) is 0 Å². The Hall–Kier alpha value is -0.980. The van der Waals surface area contributed by atoms with Crippen molar-refractivity contribution in [2.75, 3.05) is 18.0 Å². The number of nitrogens with zero attached hydrogens (tertiary/aromatic N) is 1. The predicted octanol–water partition coefficient (Wildman–Crippen LogP) is 4.99. The van der Waals surface area contributed by atoms with Crippen molar-refractivity contribution in [1.82, 2.24) is 0 Å². The van der Waals surface area contributed by atoms with Crippen LogP contribution in [-0.4, -0.2) is 13.1 Å². The fourth-order valence-corrected chi connectivity index (χ4v) is 3.04. The van der Waals surface area contributed by atoms with Crippen LogP contribution in [0.1, 0.15) is 57.6 Å². The fourth-order valence-electron chi connectivity index (χ4n) is 3.04. The van der Waals surface area contributed by atoms with Gasteiger partial charge in [-0.3, -0.25) is 0 Å². The number of anilines is 1. The van der Waals surface area contributed by atoms with Gasteiger partial charge in [0.15, 0.2) is 0 Å². The summed E-state index contributed by atoms with van der Waals surface area (Å²) < 4.78 is 0. The molecule has 1 aromatic rings. The molecular formula is C18H29N. The molecule has 0 radical (unpaired) electrons. The van der Waals surface area contributed by atoms with Crippen LogP contribution < -0.4 is 4.90 Å². The van der Waals surface area contributed by atoms with E-state index in [-0.39, 0.29) is 0 Å². The van der Waals surface area contributed by atoms with Gasteiger partial charge in [0.1, 0.15) is 0 Å². The molecule has 1 saturated heterocycles. The van der Waals surface area contributed by atoms with E-state index in [0.29, 0.717) is 5.92 Å². The molecule has 1 heteroatoms. The van der Waals surface area contributed by atoms with E-state index in [0.717, 1.165) is 11.8 Å². The molecular weight excluding hydrogens is 230 g/mol. The Kier molecular flexibility index (Phi) is 4.54. The van der Waals surface area contributed by atoms with E-state index in [1.54, 1.807) is 0 Å². The summed E-state index contributed by atoms with van der Waals surface area (Å²) in [5.74, 6) is 2.40. The van der Waals surface area contributed by atoms with Crippen molar-refractivity contribution in [3.8, 4) is 0 Å². The largest absolute Gasteiger partial charge is 0.371 e. The van der Waals surface area contributed by atoms with Gasteiger partial charge < -0.3 is 4.90 Å². The van der Waals surface area contributed by atoms with Crippen LogP contribution in [0, 0.1) is 18.8 Å². The number of hydrogen-bond donors (Lipinski definition) is 0. The Morgan fingerprint density at radius 1 is 1.16 bits per heavy atom. The molecule has 19 heavy (non-hydrogen) atoms. The minimum Gasteiger partial charge on any atom is -0.371 e. The van der Waals surface area contributed by atoms with E-state index in [1.165, 1.54) is 42.7 Å². The predicted molar refractivity (Wildman–Crippen MR) is 85.0 cm³/mol. The number of hydrogen-bond acceptors (Lipinski definition) is 1.